The molecule has 0 radical (unpaired) electrons. The second kappa shape index (κ2) is 9.29. The summed E-state index contributed by atoms with van der Waals surface area (Å²) in [5, 5.41) is 9.87. The van der Waals surface area contributed by atoms with E-state index in [0.29, 0.717) is 11.3 Å². The van der Waals surface area contributed by atoms with Gasteiger partial charge in [-0.2, -0.15) is 5.10 Å². The molecular formula is C19H28N6O2S. The Morgan fingerprint density at radius 1 is 1.36 bits per heavy atom. The second-order valence-electron chi connectivity index (χ2n) is 7.24. The molecule has 0 spiro atoms. The van der Waals surface area contributed by atoms with Crippen molar-refractivity contribution in [2.75, 3.05) is 18.0 Å². The number of aromatic nitrogens is 4. The van der Waals surface area contributed by atoms with Crippen molar-refractivity contribution in [3.63, 3.8) is 0 Å². The lowest BCUT2D eigenvalue weighted by Crippen LogP contribution is -2.45. The zero-order valence-corrected chi connectivity index (χ0v) is 17.5. The smallest absolute Gasteiger partial charge is 0.240 e. The number of hydrogen-bond acceptors (Lipinski definition) is 6. The summed E-state index contributed by atoms with van der Waals surface area (Å²) < 4.78 is 7.99. The highest BCUT2D eigenvalue weighted by Gasteiger charge is 2.23. The molecule has 2 atom stereocenters. The molecule has 152 valence electrons. The number of ether oxygens (including phenoxy) is 1. The largest absolute Gasteiger partial charge is 0.372 e. The average molecular weight is 405 g/mol. The van der Waals surface area contributed by atoms with Gasteiger partial charge in [-0.3, -0.25) is 14.5 Å². The predicted molar refractivity (Wildman–Crippen MR) is 110 cm³/mol. The highest BCUT2D eigenvalue weighted by atomic mass is 32.1. The van der Waals surface area contributed by atoms with Crippen LogP contribution in [0.25, 0.3) is 0 Å². The van der Waals surface area contributed by atoms with Crippen molar-refractivity contribution in [2.24, 2.45) is 0 Å². The third-order valence-electron chi connectivity index (χ3n) is 4.66. The van der Waals surface area contributed by atoms with Gasteiger partial charge in [0.25, 0.3) is 0 Å². The van der Waals surface area contributed by atoms with Gasteiger partial charge in [-0.1, -0.05) is 13.0 Å². The highest BCUT2D eigenvalue weighted by Crippen LogP contribution is 2.18. The summed E-state index contributed by atoms with van der Waals surface area (Å²) in [5.41, 5.74) is 0.955. The van der Waals surface area contributed by atoms with Gasteiger partial charge in [0.1, 0.15) is 18.2 Å². The summed E-state index contributed by atoms with van der Waals surface area (Å²) in [5.74, 6) is 1.64. The third-order valence-corrected chi connectivity index (χ3v) is 4.97. The van der Waals surface area contributed by atoms with Gasteiger partial charge in [0.05, 0.1) is 12.2 Å². The molecular weight excluding hydrogens is 376 g/mol. The van der Waals surface area contributed by atoms with Crippen LogP contribution in [0, 0.1) is 4.77 Å². The van der Waals surface area contributed by atoms with Gasteiger partial charge >= 0.3 is 0 Å². The summed E-state index contributed by atoms with van der Waals surface area (Å²) in [7, 11) is 0. The van der Waals surface area contributed by atoms with Crippen LogP contribution in [0.1, 0.15) is 38.6 Å². The van der Waals surface area contributed by atoms with Gasteiger partial charge in [0.15, 0.2) is 4.77 Å². The minimum Gasteiger partial charge on any atom is -0.372 e. The number of pyridine rings is 1. The van der Waals surface area contributed by atoms with E-state index in [1.165, 1.54) is 0 Å². The van der Waals surface area contributed by atoms with Crippen LogP contribution in [0.15, 0.2) is 18.3 Å². The zero-order chi connectivity index (χ0) is 20.1. The van der Waals surface area contributed by atoms with E-state index >= 15 is 0 Å². The lowest BCUT2D eigenvalue weighted by atomic mass is 10.2. The first kappa shape index (κ1) is 20.5. The van der Waals surface area contributed by atoms with Crippen LogP contribution >= 0.6 is 12.2 Å². The lowest BCUT2D eigenvalue weighted by Gasteiger charge is -2.36. The summed E-state index contributed by atoms with van der Waals surface area (Å²) >= 11 is 5.22. The first-order valence-electron chi connectivity index (χ1n) is 9.72. The number of rotatable bonds is 7. The van der Waals surface area contributed by atoms with Gasteiger partial charge in [-0.15, -0.1) is 0 Å². The number of anilines is 1. The highest BCUT2D eigenvalue weighted by molar-refractivity contribution is 7.71. The summed E-state index contributed by atoms with van der Waals surface area (Å²) in [4.78, 5) is 19.1. The number of carbonyl (C=O) groups excluding carboxylic acids is 1. The summed E-state index contributed by atoms with van der Waals surface area (Å²) in [6.45, 7) is 8.47. The first-order valence-corrected chi connectivity index (χ1v) is 10.1. The van der Waals surface area contributed by atoms with Crippen LogP contribution in [0.5, 0.6) is 0 Å². The van der Waals surface area contributed by atoms with E-state index in [1.54, 1.807) is 4.57 Å². The molecule has 2 N–H and O–H groups in total. The molecule has 0 saturated carbocycles. The zero-order valence-electron chi connectivity index (χ0n) is 16.6. The Morgan fingerprint density at radius 2 is 2.11 bits per heavy atom. The topological polar surface area (TPSA) is 88.1 Å². The van der Waals surface area contributed by atoms with Gasteiger partial charge in [-0.25, -0.2) is 4.98 Å². The molecule has 0 bridgehead atoms. The minimum absolute atomic E-state index is 0.102. The fourth-order valence-electron chi connectivity index (χ4n) is 3.40. The number of carbonyl (C=O) groups is 1. The van der Waals surface area contributed by atoms with E-state index in [0.717, 1.165) is 43.1 Å². The maximum Gasteiger partial charge on any atom is 0.240 e. The van der Waals surface area contributed by atoms with Crippen molar-refractivity contribution < 1.29 is 9.53 Å². The Morgan fingerprint density at radius 3 is 2.75 bits per heavy atom. The Hall–Kier alpha value is -2.26. The van der Waals surface area contributed by atoms with E-state index < -0.39 is 0 Å². The number of nitrogens with zero attached hydrogens (tertiary/aromatic N) is 4. The average Bonchev–Trinajstić information content (AvgIpc) is 3.00. The Kier molecular flexibility index (Phi) is 6.79. The molecule has 1 fully saturated rings. The van der Waals surface area contributed by atoms with Crippen molar-refractivity contribution >= 4 is 23.9 Å². The number of H-pyrrole nitrogens is 1. The fraction of sp³-hybridized carbons (Fsp3) is 0.579. The Labute approximate surface area is 170 Å². The van der Waals surface area contributed by atoms with Crippen molar-refractivity contribution in [1.82, 2.24) is 25.1 Å². The molecule has 9 heteroatoms. The van der Waals surface area contributed by atoms with Crippen LogP contribution in [0.2, 0.25) is 0 Å². The molecule has 1 amide bonds. The molecule has 8 nitrogen and oxygen atoms in total. The van der Waals surface area contributed by atoms with Crippen LogP contribution < -0.4 is 10.2 Å². The van der Waals surface area contributed by atoms with Crippen molar-refractivity contribution in [3.8, 4) is 0 Å². The van der Waals surface area contributed by atoms with Crippen molar-refractivity contribution in [2.45, 2.75) is 58.9 Å². The van der Waals surface area contributed by atoms with E-state index in [-0.39, 0.29) is 24.7 Å². The molecule has 28 heavy (non-hydrogen) atoms. The number of amides is 1. The van der Waals surface area contributed by atoms with Crippen molar-refractivity contribution in [1.29, 1.82) is 0 Å². The van der Waals surface area contributed by atoms with Crippen molar-refractivity contribution in [3.05, 3.63) is 34.5 Å². The molecule has 2 unspecified atom stereocenters. The number of aromatic amines is 1. The molecule has 3 rings (SSSR count). The number of morpholine rings is 1. The van der Waals surface area contributed by atoms with E-state index in [9.17, 15) is 4.79 Å². The van der Waals surface area contributed by atoms with Gasteiger partial charge in [0.2, 0.25) is 5.91 Å². The van der Waals surface area contributed by atoms with Crippen LogP contribution in [-0.4, -0.2) is 51.0 Å². The fourth-order valence-corrected chi connectivity index (χ4v) is 3.62. The maximum atomic E-state index is 12.3. The molecule has 1 aliphatic heterocycles. The molecule has 2 aromatic rings. The maximum absolute atomic E-state index is 12.3. The monoisotopic (exact) mass is 404 g/mol. The molecule has 3 heterocycles. The number of nitrogens with one attached hydrogen (secondary N) is 2. The summed E-state index contributed by atoms with van der Waals surface area (Å²) in [6.07, 6.45) is 3.92. The van der Waals surface area contributed by atoms with Gasteiger partial charge < -0.3 is 15.0 Å². The predicted octanol–water partition coefficient (Wildman–Crippen LogP) is 2.22. The van der Waals surface area contributed by atoms with E-state index in [1.807, 2.05) is 18.3 Å². The number of aryl methyl sites for hydroxylation is 1. The quantitative estimate of drug-likeness (QED) is 0.688. The minimum atomic E-state index is -0.102. The number of hydrogen-bond donors (Lipinski definition) is 2. The molecule has 0 aliphatic carbocycles. The van der Waals surface area contributed by atoms with E-state index in [2.05, 4.69) is 46.2 Å². The SMILES string of the molecule is CCCc1n[nH]c(=S)n1CC(=O)NCc1ccc(N2CC(C)OC(C)C2)nc1. The second-order valence-corrected chi connectivity index (χ2v) is 7.63. The van der Waals surface area contributed by atoms with E-state index in [4.69, 9.17) is 17.0 Å². The van der Waals surface area contributed by atoms with Crippen LogP contribution in [0.3, 0.4) is 0 Å². The molecule has 1 saturated heterocycles. The van der Waals surface area contributed by atoms with Gasteiger partial charge in [0, 0.05) is 32.3 Å². The van der Waals surface area contributed by atoms with Gasteiger partial charge in [-0.05, 0) is 44.1 Å². The normalized spacial score (nSPS) is 19.6. The molecule has 0 aromatic carbocycles. The molecule has 1 aliphatic rings. The standard InChI is InChI=1S/C19H28N6O2S/c1-4-5-17-22-23-19(28)25(17)12-18(26)21-9-15-6-7-16(20-8-15)24-10-13(2)27-14(3)11-24/h6-8,13-14H,4-5,9-12H2,1-3H3,(H,21,26)(H,23,28). The van der Waals surface area contributed by atoms with Crippen LogP contribution in [-0.2, 0) is 29.0 Å². The van der Waals surface area contributed by atoms with Crippen LogP contribution in [0.4, 0.5) is 5.82 Å². The lowest BCUT2D eigenvalue weighted by molar-refractivity contribution is -0.121. The first-order chi connectivity index (χ1) is 13.5. The third kappa shape index (κ3) is 5.17. The summed E-state index contributed by atoms with van der Waals surface area (Å²) in [6, 6.07) is 4.00. The molecule has 2 aromatic heterocycles. The Bertz CT molecular complexity index is 837. The Balaban J connectivity index is 1.54.